The predicted molar refractivity (Wildman–Crippen MR) is 85.8 cm³/mol. The van der Waals surface area contributed by atoms with Crippen molar-refractivity contribution in [3.05, 3.63) is 35.4 Å². The standard InChI is InChI=1S/C18H25F2NO2/c1-11(2)15(22)9-14(21-16(23)10-18(3,4)5)17-12(19)7-6-8-13(17)20/h6-8,11,14H,9-10H2,1-5H3,(H,21,23). The Balaban J connectivity index is 3.07. The number of rotatable bonds is 6. The SMILES string of the molecule is CC(C)C(=O)CC(NC(=O)CC(C)(C)C)c1c(F)cccc1F. The Labute approximate surface area is 136 Å². The third kappa shape index (κ3) is 6.08. The van der Waals surface area contributed by atoms with E-state index in [-0.39, 0.29) is 41.4 Å². The van der Waals surface area contributed by atoms with Crippen LogP contribution in [0, 0.1) is 23.0 Å². The van der Waals surface area contributed by atoms with Crippen LogP contribution in [0.4, 0.5) is 8.78 Å². The first-order valence-electron chi connectivity index (χ1n) is 7.77. The molecule has 0 aliphatic rings. The molecule has 0 aliphatic heterocycles. The number of hydrogen-bond donors (Lipinski definition) is 1. The highest BCUT2D eigenvalue weighted by molar-refractivity contribution is 5.83. The van der Waals surface area contributed by atoms with Crippen LogP contribution in [0.5, 0.6) is 0 Å². The molecule has 128 valence electrons. The second kappa shape index (κ2) is 7.66. The van der Waals surface area contributed by atoms with Crippen LogP contribution >= 0.6 is 0 Å². The highest BCUT2D eigenvalue weighted by Gasteiger charge is 2.27. The fraction of sp³-hybridized carbons (Fsp3) is 0.556. The monoisotopic (exact) mass is 325 g/mol. The van der Waals surface area contributed by atoms with Crippen LogP contribution in [-0.4, -0.2) is 11.7 Å². The van der Waals surface area contributed by atoms with Gasteiger partial charge in [-0.3, -0.25) is 9.59 Å². The van der Waals surface area contributed by atoms with Crippen LogP contribution in [0.15, 0.2) is 18.2 Å². The van der Waals surface area contributed by atoms with E-state index in [0.717, 1.165) is 12.1 Å². The molecular weight excluding hydrogens is 300 g/mol. The lowest BCUT2D eigenvalue weighted by molar-refractivity contribution is -0.125. The van der Waals surface area contributed by atoms with Crippen molar-refractivity contribution in [1.29, 1.82) is 0 Å². The molecule has 0 heterocycles. The Bertz CT molecular complexity index is 557. The second-order valence-corrected chi connectivity index (χ2v) is 7.32. The summed E-state index contributed by atoms with van der Waals surface area (Å²) in [5.41, 5.74) is -0.520. The largest absolute Gasteiger partial charge is 0.349 e. The quantitative estimate of drug-likeness (QED) is 0.853. The number of hydrogen-bond acceptors (Lipinski definition) is 2. The van der Waals surface area contributed by atoms with E-state index in [2.05, 4.69) is 5.32 Å². The maximum atomic E-state index is 14.0. The molecule has 23 heavy (non-hydrogen) atoms. The number of ketones is 1. The number of Topliss-reactive ketones (excluding diaryl/α,β-unsaturated/α-hetero) is 1. The number of benzene rings is 1. The molecule has 0 bridgehead atoms. The molecule has 0 saturated carbocycles. The van der Waals surface area contributed by atoms with Gasteiger partial charge in [0.05, 0.1) is 6.04 Å². The summed E-state index contributed by atoms with van der Waals surface area (Å²) in [4.78, 5) is 24.2. The van der Waals surface area contributed by atoms with Crippen molar-refractivity contribution in [2.24, 2.45) is 11.3 Å². The summed E-state index contributed by atoms with van der Waals surface area (Å²) in [6.45, 7) is 9.11. The first-order chi connectivity index (χ1) is 10.5. The van der Waals surface area contributed by atoms with E-state index in [4.69, 9.17) is 0 Å². The fourth-order valence-corrected chi connectivity index (χ4v) is 2.23. The van der Waals surface area contributed by atoms with Gasteiger partial charge in [-0.2, -0.15) is 0 Å². The molecule has 1 N–H and O–H groups in total. The maximum absolute atomic E-state index is 14.0. The van der Waals surface area contributed by atoms with Crippen LogP contribution in [0.2, 0.25) is 0 Å². The van der Waals surface area contributed by atoms with Gasteiger partial charge in [0.1, 0.15) is 17.4 Å². The van der Waals surface area contributed by atoms with E-state index in [1.807, 2.05) is 20.8 Å². The van der Waals surface area contributed by atoms with E-state index < -0.39 is 17.7 Å². The van der Waals surface area contributed by atoms with E-state index in [9.17, 15) is 18.4 Å². The smallest absolute Gasteiger partial charge is 0.221 e. The minimum Gasteiger partial charge on any atom is -0.349 e. The van der Waals surface area contributed by atoms with Gasteiger partial charge < -0.3 is 5.32 Å². The number of carbonyl (C=O) groups excluding carboxylic acids is 2. The fourth-order valence-electron chi connectivity index (χ4n) is 2.23. The van der Waals surface area contributed by atoms with E-state index in [0.29, 0.717) is 0 Å². The average Bonchev–Trinajstić information content (AvgIpc) is 2.35. The Morgan fingerprint density at radius 2 is 1.65 bits per heavy atom. The molecule has 1 aromatic rings. The lowest BCUT2D eigenvalue weighted by Crippen LogP contribution is -2.34. The van der Waals surface area contributed by atoms with Crippen LogP contribution in [0.25, 0.3) is 0 Å². The van der Waals surface area contributed by atoms with Gasteiger partial charge in [0, 0.05) is 24.3 Å². The number of nitrogens with one attached hydrogen (secondary N) is 1. The molecule has 0 aliphatic carbocycles. The summed E-state index contributed by atoms with van der Waals surface area (Å²) in [5, 5.41) is 2.62. The molecule has 1 rings (SSSR count). The number of carbonyl (C=O) groups is 2. The number of halogens is 2. The first-order valence-corrected chi connectivity index (χ1v) is 7.77. The van der Waals surface area contributed by atoms with Crippen molar-refractivity contribution in [1.82, 2.24) is 5.32 Å². The summed E-state index contributed by atoms with van der Waals surface area (Å²) in [5.74, 6) is -2.28. The van der Waals surface area contributed by atoms with Gasteiger partial charge in [-0.15, -0.1) is 0 Å². The van der Waals surface area contributed by atoms with Crippen molar-refractivity contribution in [2.75, 3.05) is 0 Å². The van der Waals surface area contributed by atoms with E-state index in [1.165, 1.54) is 6.07 Å². The molecule has 0 aromatic heterocycles. The molecule has 1 atom stereocenters. The van der Waals surface area contributed by atoms with Crippen LogP contribution < -0.4 is 5.32 Å². The third-order valence-corrected chi connectivity index (χ3v) is 3.42. The molecule has 1 amide bonds. The topological polar surface area (TPSA) is 46.2 Å². The van der Waals surface area contributed by atoms with Gasteiger partial charge in [0.2, 0.25) is 5.91 Å². The second-order valence-electron chi connectivity index (χ2n) is 7.32. The van der Waals surface area contributed by atoms with Crippen molar-refractivity contribution in [2.45, 2.75) is 53.5 Å². The molecule has 3 nitrogen and oxygen atoms in total. The van der Waals surface area contributed by atoms with Crippen LogP contribution in [0.3, 0.4) is 0 Å². The Morgan fingerprint density at radius 3 is 2.09 bits per heavy atom. The summed E-state index contributed by atoms with van der Waals surface area (Å²) < 4.78 is 28.1. The minimum atomic E-state index is -0.999. The Morgan fingerprint density at radius 1 is 1.13 bits per heavy atom. The van der Waals surface area contributed by atoms with Crippen molar-refractivity contribution < 1.29 is 18.4 Å². The molecule has 0 spiro atoms. The van der Waals surface area contributed by atoms with Crippen molar-refractivity contribution in [3.63, 3.8) is 0 Å². The van der Waals surface area contributed by atoms with Gasteiger partial charge in [-0.1, -0.05) is 40.7 Å². The third-order valence-electron chi connectivity index (χ3n) is 3.42. The zero-order valence-corrected chi connectivity index (χ0v) is 14.4. The van der Waals surface area contributed by atoms with Crippen LogP contribution in [0.1, 0.15) is 59.1 Å². The lowest BCUT2D eigenvalue weighted by Gasteiger charge is -2.23. The van der Waals surface area contributed by atoms with Crippen LogP contribution in [-0.2, 0) is 9.59 Å². The Hall–Kier alpha value is -1.78. The normalized spacial score (nSPS) is 13.0. The zero-order chi connectivity index (χ0) is 17.8. The molecular formula is C18H25F2NO2. The zero-order valence-electron chi connectivity index (χ0n) is 14.4. The number of amides is 1. The molecule has 0 saturated heterocycles. The highest BCUT2D eigenvalue weighted by Crippen LogP contribution is 2.26. The average molecular weight is 325 g/mol. The summed E-state index contributed by atoms with van der Waals surface area (Å²) in [6, 6.07) is 2.51. The first kappa shape index (κ1) is 19.3. The molecule has 1 unspecified atom stereocenters. The van der Waals surface area contributed by atoms with E-state index in [1.54, 1.807) is 13.8 Å². The van der Waals surface area contributed by atoms with E-state index >= 15 is 0 Å². The van der Waals surface area contributed by atoms with Crippen molar-refractivity contribution >= 4 is 11.7 Å². The van der Waals surface area contributed by atoms with Gasteiger partial charge in [-0.05, 0) is 17.5 Å². The molecule has 1 aromatic carbocycles. The van der Waals surface area contributed by atoms with Gasteiger partial charge in [0.15, 0.2) is 0 Å². The molecule has 0 fully saturated rings. The minimum absolute atomic E-state index is 0.134. The molecule has 5 heteroatoms. The van der Waals surface area contributed by atoms with Gasteiger partial charge >= 0.3 is 0 Å². The summed E-state index contributed by atoms with van der Waals surface area (Å²) in [7, 11) is 0. The summed E-state index contributed by atoms with van der Waals surface area (Å²) in [6.07, 6.45) is 0.0703. The van der Waals surface area contributed by atoms with Gasteiger partial charge in [-0.25, -0.2) is 8.78 Å². The Kier molecular flexibility index (Phi) is 6.42. The maximum Gasteiger partial charge on any atom is 0.221 e. The van der Waals surface area contributed by atoms with Gasteiger partial charge in [0.25, 0.3) is 0 Å². The lowest BCUT2D eigenvalue weighted by atomic mass is 9.91. The molecule has 0 radical (unpaired) electrons. The van der Waals surface area contributed by atoms with Crippen molar-refractivity contribution in [3.8, 4) is 0 Å². The highest BCUT2D eigenvalue weighted by atomic mass is 19.1. The summed E-state index contributed by atoms with van der Waals surface area (Å²) >= 11 is 0. The predicted octanol–water partition coefficient (Wildman–Crippen LogP) is 4.17.